The first-order chi connectivity index (χ1) is 12.5. The minimum absolute atomic E-state index is 0.227. The van der Waals surface area contributed by atoms with Gasteiger partial charge in [0.15, 0.2) is 0 Å². The summed E-state index contributed by atoms with van der Waals surface area (Å²) in [6.45, 7) is 5.28. The zero-order valence-corrected chi connectivity index (χ0v) is 16.4. The lowest BCUT2D eigenvalue weighted by molar-refractivity contribution is 0.0953. The van der Waals surface area contributed by atoms with Gasteiger partial charge in [0.05, 0.1) is 11.5 Å². The molecule has 0 saturated carbocycles. The molecule has 1 aliphatic rings. The van der Waals surface area contributed by atoms with Crippen LogP contribution in [0.1, 0.15) is 35.2 Å². The van der Waals surface area contributed by atoms with Crippen molar-refractivity contribution < 1.29 is 17.9 Å². The second kappa shape index (κ2) is 10.0. The molecule has 26 heavy (non-hydrogen) atoms. The standard InChI is InChI=1S/C18H29N3O4S/c1-15-6-7-16(18(22)20-9-8-19-10-13-25-2)14-17(15)26(23,24)21-11-4-3-5-12-21/h6-7,14,19H,3-5,8-13H2,1-2H3,(H,20,22). The first-order valence-corrected chi connectivity index (χ1v) is 10.5. The van der Waals surface area contributed by atoms with E-state index in [0.29, 0.717) is 43.9 Å². The fourth-order valence-electron chi connectivity index (χ4n) is 2.93. The number of amides is 1. The van der Waals surface area contributed by atoms with Gasteiger partial charge in [-0.05, 0) is 37.5 Å². The summed E-state index contributed by atoms with van der Waals surface area (Å²) in [5.41, 5.74) is 1.02. The predicted molar refractivity (Wildman–Crippen MR) is 101 cm³/mol. The van der Waals surface area contributed by atoms with Crippen LogP contribution in [-0.2, 0) is 14.8 Å². The van der Waals surface area contributed by atoms with Crippen LogP contribution in [0.5, 0.6) is 0 Å². The number of carbonyl (C=O) groups is 1. The van der Waals surface area contributed by atoms with Gasteiger partial charge in [-0.1, -0.05) is 12.5 Å². The second-order valence-corrected chi connectivity index (χ2v) is 8.35. The Bertz CT molecular complexity index is 700. The average Bonchev–Trinajstić information content (AvgIpc) is 2.65. The number of benzene rings is 1. The molecule has 2 N–H and O–H groups in total. The summed E-state index contributed by atoms with van der Waals surface area (Å²) in [5.74, 6) is -0.270. The Morgan fingerprint density at radius 3 is 2.58 bits per heavy atom. The van der Waals surface area contributed by atoms with Gasteiger partial charge in [0.25, 0.3) is 5.91 Å². The van der Waals surface area contributed by atoms with Gasteiger partial charge in [-0.3, -0.25) is 4.79 Å². The minimum atomic E-state index is -3.56. The van der Waals surface area contributed by atoms with Crippen LogP contribution in [0.4, 0.5) is 0 Å². The van der Waals surface area contributed by atoms with Gasteiger partial charge < -0.3 is 15.4 Å². The number of sulfonamides is 1. The number of piperidine rings is 1. The first kappa shape index (κ1) is 20.8. The highest BCUT2D eigenvalue weighted by atomic mass is 32.2. The maximum absolute atomic E-state index is 12.9. The van der Waals surface area contributed by atoms with Crippen LogP contribution in [0.15, 0.2) is 23.1 Å². The van der Waals surface area contributed by atoms with Crippen LogP contribution in [-0.4, -0.2) is 65.1 Å². The Morgan fingerprint density at radius 1 is 1.15 bits per heavy atom. The molecule has 1 saturated heterocycles. The maximum Gasteiger partial charge on any atom is 0.251 e. The minimum Gasteiger partial charge on any atom is -0.383 e. The normalized spacial score (nSPS) is 15.8. The third kappa shape index (κ3) is 5.51. The van der Waals surface area contributed by atoms with E-state index in [4.69, 9.17) is 4.74 Å². The number of carbonyl (C=O) groups excluding carboxylic acids is 1. The first-order valence-electron chi connectivity index (χ1n) is 9.05. The van der Waals surface area contributed by atoms with E-state index < -0.39 is 10.0 Å². The number of ether oxygens (including phenoxy) is 1. The van der Waals surface area contributed by atoms with Crippen molar-refractivity contribution in [2.75, 3.05) is 46.4 Å². The SMILES string of the molecule is COCCNCCNC(=O)c1ccc(C)c(S(=O)(=O)N2CCCCC2)c1. The highest BCUT2D eigenvalue weighted by Gasteiger charge is 2.28. The van der Waals surface area contributed by atoms with Crippen LogP contribution in [0, 0.1) is 6.92 Å². The van der Waals surface area contributed by atoms with Crippen molar-refractivity contribution in [1.29, 1.82) is 0 Å². The zero-order valence-electron chi connectivity index (χ0n) is 15.6. The molecule has 0 aromatic heterocycles. The zero-order chi connectivity index (χ0) is 19.0. The molecule has 1 aliphatic heterocycles. The highest BCUT2D eigenvalue weighted by molar-refractivity contribution is 7.89. The van der Waals surface area contributed by atoms with E-state index >= 15 is 0 Å². The molecule has 0 bridgehead atoms. The Morgan fingerprint density at radius 2 is 1.88 bits per heavy atom. The molecular formula is C18H29N3O4S. The van der Waals surface area contributed by atoms with E-state index in [0.717, 1.165) is 25.8 Å². The summed E-state index contributed by atoms with van der Waals surface area (Å²) in [5, 5.41) is 5.94. The predicted octanol–water partition coefficient (Wildman–Crippen LogP) is 1.14. The lowest BCUT2D eigenvalue weighted by Gasteiger charge is -2.26. The molecule has 1 aromatic rings. The van der Waals surface area contributed by atoms with Crippen molar-refractivity contribution >= 4 is 15.9 Å². The van der Waals surface area contributed by atoms with Crippen LogP contribution >= 0.6 is 0 Å². The second-order valence-electron chi connectivity index (χ2n) is 6.44. The molecule has 2 rings (SSSR count). The van der Waals surface area contributed by atoms with Gasteiger partial charge in [-0.25, -0.2) is 8.42 Å². The van der Waals surface area contributed by atoms with Crippen molar-refractivity contribution in [3.05, 3.63) is 29.3 Å². The number of nitrogens with one attached hydrogen (secondary N) is 2. The van der Waals surface area contributed by atoms with E-state index in [1.54, 1.807) is 26.2 Å². The third-order valence-corrected chi connectivity index (χ3v) is 6.49. The molecule has 1 amide bonds. The van der Waals surface area contributed by atoms with Crippen molar-refractivity contribution in [2.24, 2.45) is 0 Å². The molecule has 0 atom stereocenters. The Hall–Kier alpha value is -1.48. The smallest absolute Gasteiger partial charge is 0.251 e. The van der Waals surface area contributed by atoms with Crippen LogP contribution in [0.3, 0.4) is 0 Å². The molecular weight excluding hydrogens is 354 g/mol. The quantitative estimate of drug-likeness (QED) is 0.624. The number of hydrogen-bond donors (Lipinski definition) is 2. The van der Waals surface area contributed by atoms with Crippen LogP contribution in [0.25, 0.3) is 0 Å². The lowest BCUT2D eigenvalue weighted by Crippen LogP contribution is -2.36. The average molecular weight is 384 g/mol. The Balaban J connectivity index is 2.03. The Labute approximate surface area is 156 Å². The van der Waals surface area contributed by atoms with Gasteiger partial charge in [-0.15, -0.1) is 0 Å². The summed E-state index contributed by atoms with van der Waals surface area (Å²) in [6.07, 6.45) is 2.83. The number of hydrogen-bond acceptors (Lipinski definition) is 5. The summed E-state index contributed by atoms with van der Waals surface area (Å²) < 4.78 is 32.3. The van der Waals surface area contributed by atoms with E-state index in [-0.39, 0.29) is 10.8 Å². The van der Waals surface area contributed by atoms with Crippen molar-refractivity contribution in [3.8, 4) is 0 Å². The number of nitrogens with zero attached hydrogens (tertiary/aromatic N) is 1. The summed E-state index contributed by atoms with van der Waals surface area (Å²) in [7, 11) is -1.92. The molecule has 7 nitrogen and oxygen atoms in total. The van der Waals surface area contributed by atoms with Crippen molar-refractivity contribution in [2.45, 2.75) is 31.1 Å². The molecule has 1 fully saturated rings. The van der Waals surface area contributed by atoms with Gasteiger partial charge in [0, 0.05) is 45.4 Å². The molecule has 0 aliphatic carbocycles. The molecule has 0 unspecified atom stereocenters. The van der Waals surface area contributed by atoms with E-state index in [1.807, 2.05) is 0 Å². The van der Waals surface area contributed by atoms with Crippen molar-refractivity contribution in [1.82, 2.24) is 14.9 Å². The largest absolute Gasteiger partial charge is 0.383 e. The summed E-state index contributed by atoms with van der Waals surface area (Å²) in [6, 6.07) is 4.85. The van der Waals surface area contributed by atoms with Crippen LogP contribution in [0.2, 0.25) is 0 Å². The van der Waals surface area contributed by atoms with E-state index in [2.05, 4.69) is 10.6 Å². The molecule has 1 aromatic carbocycles. The maximum atomic E-state index is 12.9. The van der Waals surface area contributed by atoms with Gasteiger partial charge in [0.2, 0.25) is 10.0 Å². The Kier molecular flexibility index (Phi) is 8.02. The lowest BCUT2D eigenvalue weighted by atomic mass is 10.1. The monoisotopic (exact) mass is 383 g/mol. The fraction of sp³-hybridized carbons (Fsp3) is 0.611. The van der Waals surface area contributed by atoms with Gasteiger partial charge >= 0.3 is 0 Å². The van der Waals surface area contributed by atoms with Crippen molar-refractivity contribution in [3.63, 3.8) is 0 Å². The highest BCUT2D eigenvalue weighted by Crippen LogP contribution is 2.24. The summed E-state index contributed by atoms with van der Waals surface area (Å²) in [4.78, 5) is 12.6. The topological polar surface area (TPSA) is 87.7 Å². The molecule has 8 heteroatoms. The van der Waals surface area contributed by atoms with Crippen LogP contribution < -0.4 is 10.6 Å². The number of methoxy groups -OCH3 is 1. The third-order valence-electron chi connectivity index (χ3n) is 4.45. The van der Waals surface area contributed by atoms with Gasteiger partial charge in [-0.2, -0.15) is 4.31 Å². The van der Waals surface area contributed by atoms with E-state index in [9.17, 15) is 13.2 Å². The summed E-state index contributed by atoms with van der Waals surface area (Å²) >= 11 is 0. The number of rotatable bonds is 9. The number of aryl methyl sites for hydroxylation is 1. The van der Waals surface area contributed by atoms with Gasteiger partial charge in [0.1, 0.15) is 0 Å². The molecule has 0 radical (unpaired) electrons. The molecule has 1 heterocycles. The molecule has 0 spiro atoms. The van der Waals surface area contributed by atoms with E-state index in [1.165, 1.54) is 10.4 Å². The molecule has 146 valence electrons. The fourth-order valence-corrected chi connectivity index (χ4v) is 4.70.